The van der Waals surface area contributed by atoms with Crippen LogP contribution >= 0.6 is 33.1 Å². The molecule has 0 aliphatic heterocycles. The maximum atomic E-state index is 2.99. The van der Waals surface area contributed by atoms with Gasteiger partial charge in [-0.25, -0.2) is 0 Å². The van der Waals surface area contributed by atoms with E-state index in [2.05, 4.69) is 24.8 Å². The van der Waals surface area contributed by atoms with Gasteiger partial charge in [0.15, 0.2) is 0 Å². The molecule has 68 valence electrons. The van der Waals surface area contributed by atoms with Gasteiger partial charge in [0.05, 0.1) is 0 Å². The molecule has 0 spiro atoms. The highest BCUT2D eigenvalue weighted by Crippen LogP contribution is 2.66. The summed E-state index contributed by atoms with van der Waals surface area (Å²) in [7, 11) is 7.25. The van der Waals surface area contributed by atoms with Crippen LogP contribution in [0.25, 0.3) is 0 Å². The third-order valence-corrected chi connectivity index (χ3v) is 12.2. The Morgan fingerprint density at radius 2 is 1.82 bits per heavy atom. The third-order valence-electron chi connectivity index (χ3n) is 1.67. The van der Waals surface area contributed by atoms with E-state index in [9.17, 15) is 0 Å². The lowest BCUT2D eigenvalue weighted by Crippen LogP contribution is -1.79. The van der Waals surface area contributed by atoms with Crippen molar-refractivity contribution in [2.24, 2.45) is 0 Å². The Bertz CT molecular complexity index is 76.8. The highest BCUT2D eigenvalue weighted by atomic mass is 32.6. The Morgan fingerprint density at radius 3 is 2.36 bits per heavy atom. The Kier molecular flexibility index (Phi) is 11.3. The van der Waals surface area contributed by atoms with Crippen molar-refractivity contribution in [3.05, 3.63) is 0 Å². The second-order valence-electron chi connectivity index (χ2n) is 2.74. The van der Waals surface area contributed by atoms with E-state index in [1.807, 2.05) is 0 Å². The molecule has 0 fully saturated rings. The van der Waals surface area contributed by atoms with Gasteiger partial charge in [-0.05, 0) is 12.6 Å². The monoisotopic (exact) mass is 228 g/mol. The molecule has 0 bridgehead atoms. The first-order valence-electron chi connectivity index (χ1n) is 4.29. The molecule has 0 nitrogen and oxygen atoms in total. The van der Waals surface area contributed by atoms with Crippen LogP contribution in [0.5, 0.6) is 0 Å². The molecule has 0 saturated heterocycles. The molecule has 0 amide bonds. The van der Waals surface area contributed by atoms with Crippen LogP contribution in [0.15, 0.2) is 0 Å². The highest BCUT2D eigenvalue weighted by Gasteiger charge is 1.96. The molecule has 0 aromatic rings. The summed E-state index contributed by atoms with van der Waals surface area (Å²) < 4.78 is 0. The van der Waals surface area contributed by atoms with Crippen LogP contribution < -0.4 is 0 Å². The number of rotatable bonds is 7. The van der Waals surface area contributed by atoms with Crippen LogP contribution in [0.1, 0.15) is 39.0 Å². The summed E-state index contributed by atoms with van der Waals surface area (Å²) in [5.74, 6) is 0. The number of hydrogen-bond donors (Lipinski definition) is 0. The van der Waals surface area contributed by atoms with E-state index in [1.54, 1.807) is 0 Å². The van der Waals surface area contributed by atoms with E-state index in [1.165, 1.54) is 38.3 Å². The number of hydrogen-bond acceptors (Lipinski definition) is 0. The third kappa shape index (κ3) is 9.64. The van der Waals surface area contributed by atoms with Crippen molar-refractivity contribution in [3.8, 4) is 0 Å². The van der Waals surface area contributed by atoms with Crippen LogP contribution in [-0.2, 0) is 0 Å². The van der Waals surface area contributed by atoms with Crippen LogP contribution in [0.4, 0.5) is 0 Å². The molecule has 0 rings (SSSR count). The van der Waals surface area contributed by atoms with Gasteiger partial charge >= 0.3 is 0 Å². The molecule has 0 aromatic heterocycles. The highest BCUT2D eigenvalue weighted by molar-refractivity contribution is 8.61. The van der Waals surface area contributed by atoms with Crippen molar-refractivity contribution in [2.75, 3.05) is 6.16 Å². The van der Waals surface area contributed by atoms with Gasteiger partial charge in [-0.2, -0.15) is 0 Å². The lowest BCUT2D eigenvalue weighted by molar-refractivity contribution is 0.659. The molecule has 4 unspecified atom stereocenters. The largest absolute Gasteiger partial charge is 0.110 e. The molecule has 11 heavy (non-hydrogen) atoms. The maximum Gasteiger partial charge on any atom is -0.0252 e. The summed E-state index contributed by atoms with van der Waals surface area (Å²) in [6.07, 6.45) is 8.61. The molecular weight excluding hydrogens is 208 g/mol. The van der Waals surface area contributed by atoms with Gasteiger partial charge in [-0.1, -0.05) is 47.9 Å². The SMILES string of the molecule is CCCCCCCP(P)PP. The van der Waals surface area contributed by atoms with Gasteiger partial charge < -0.3 is 0 Å². The Balaban J connectivity index is 2.89. The lowest BCUT2D eigenvalue weighted by atomic mass is 10.2. The topological polar surface area (TPSA) is 0 Å². The fraction of sp³-hybridized carbons (Fsp3) is 1.00. The molecule has 0 aliphatic rings. The normalized spacial score (nSPS) is 14.5. The smallest absolute Gasteiger partial charge is 0.0252 e. The van der Waals surface area contributed by atoms with Gasteiger partial charge in [0.2, 0.25) is 0 Å². The average molecular weight is 228 g/mol. The molecule has 4 heteroatoms. The minimum atomic E-state index is 0.308. The maximum absolute atomic E-state index is 2.99. The predicted octanol–water partition coefficient (Wildman–Crippen LogP) is 4.61. The van der Waals surface area contributed by atoms with Crippen LogP contribution in [0.3, 0.4) is 0 Å². The van der Waals surface area contributed by atoms with Crippen LogP contribution in [0, 0.1) is 0 Å². The summed E-state index contributed by atoms with van der Waals surface area (Å²) in [6, 6.07) is 0. The second kappa shape index (κ2) is 9.81. The zero-order chi connectivity index (χ0) is 8.53. The quantitative estimate of drug-likeness (QED) is 0.440. The summed E-state index contributed by atoms with van der Waals surface area (Å²) >= 11 is 0. The molecule has 0 radical (unpaired) electrons. The fourth-order valence-corrected chi connectivity index (χ4v) is 4.21. The first-order valence-corrected chi connectivity index (χ1v) is 11.1. The first kappa shape index (κ1) is 12.7. The average Bonchev–Trinajstić information content (AvgIpc) is 2.04. The standard InChI is InChI=1S/C7H20P4/c1-2-3-4-5-6-7-11(9)10-8/h10H,2-9H2,1H3. The summed E-state index contributed by atoms with van der Waals surface area (Å²) in [5, 5.41) is 0. The van der Waals surface area contributed by atoms with Crippen molar-refractivity contribution < 1.29 is 0 Å². The molecule has 0 saturated carbocycles. The predicted molar refractivity (Wildman–Crippen MR) is 68.3 cm³/mol. The zero-order valence-corrected chi connectivity index (χ0v) is 11.5. The minimum Gasteiger partial charge on any atom is -0.110 e. The van der Waals surface area contributed by atoms with Crippen LogP contribution in [-0.4, -0.2) is 6.16 Å². The van der Waals surface area contributed by atoms with E-state index in [0.29, 0.717) is 7.30 Å². The molecule has 0 heterocycles. The van der Waals surface area contributed by atoms with E-state index < -0.39 is 0 Å². The van der Waals surface area contributed by atoms with Crippen molar-refractivity contribution in [1.29, 1.82) is 0 Å². The van der Waals surface area contributed by atoms with E-state index in [0.717, 1.165) is 7.96 Å². The van der Waals surface area contributed by atoms with Gasteiger partial charge in [0, 0.05) is 0 Å². The van der Waals surface area contributed by atoms with Crippen molar-refractivity contribution >= 4 is 33.1 Å². The van der Waals surface area contributed by atoms with E-state index in [-0.39, 0.29) is 0 Å². The second-order valence-corrected chi connectivity index (χ2v) is 12.6. The van der Waals surface area contributed by atoms with Gasteiger partial charge in [-0.15, -0.1) is 17.9 Å². The molecule has 4 atom stereocenters. The van der Waals surface area contributed by atoms with Crippen molar-refractivity contribution in [2.45, 2.75) is 39.0 Å². The van der Waals surface area contributed by atoms with Gasteiger partial charge in [0.25, 0.3) is 0 Å². The van der Waals surface area contributed by atoms with Gasteiger partial charge in [0.1, 0.15) is 0 Å². The van der Waals surface area contributed by atoms with E-state index >= 15 is 0 Å². The zero-order valence-electron chi connectivity index (χ0n) is 7.34. The van der Waals surface area contributed by atoms with Gasteiger partial charge in [-0.3, -0.25) is 0 Å². The Labute approximate surface area is 78.7 Å². The summed E-state index contributed by atoms with van der Waals surface area (Å²) in [4.78, 5) is 0. The van der Waals surface area contributed by atoms with Crippen LogP contribution in [0.2, 0.25) is 0 Å². The Morgan fingerprint density at radius 1 is 1.18 bits per heavy atom. The molecule has 0 aromatic carbocycles. The summed E-state index contributed by atoms with van der Waals surface area (Å²) in [5.41, 5.74) is 0. The molecule has 0 N–H and O–H groups in total. The van der Waals surface area contributed by atoms with Crippen molar-refractivity contribution in [3.63, 3.8) is 0 Å². The molecular formula is C7H20P4. The van der Waals surface area contributed by atoms with E-state index in [4.69, 9.17) is 0 Å². The lowest BCUT2D eigenvalue weighted by Gasteiger charge is -2.07. The van der Waals surface area contributed by atoms with Crippen molar-refractivity contribution in [1.82, 2.24) is 0 Å². The first-order chi connectivity index (χ1) is 5.31. The number of unbranched alkanes of at least 4 members (excludes halogenated alkanes) is 4. The Hall–Kier alpha value is 1.72. The fourth-order valence-electron chi connectivity index (χ4n) is 0.950. The summed E-state index contributed by atoms with van der Waals surface area (Å²) in [6.45, 7) is 2.27. The minimum absolute atomic E-state index is 0.308. The molecule has 0 aliphatic carbocycles.